The molecule has 0 fully saturated rings. The van der Waals surface area contributed by atoms with E-state index in [0.717, 1.165) is 17.3 Å². The molecule has 128 valence electrons. The predicted octanol–water partition coefficient (Wildman–Crippen LogP) is 4.75. The number of H-pyrrole nitrogens is 1. The molecule has 2 aromatic carbocycles. The third-order valence-electron chi connectivity index (χ3n) is 3.44. The molecule has 0 atom stereocenters. The van der Waals surface area contributed by atoms with Gasteiger partial charge in [0.1, 0.15) is 10.9 Å². The summed E-state index contributed by atoms with van der Waals surface area (Å²) in [4.78, 5) is 18.4. The molecule has 1 N–H and O–H groups in total. The molecule has 0 aliphatic rings. The summed E-state index contributed by atoms with van der Waals surface area (Å²) in [5.74, 6) is 0.406. The van der Waals surface area contributed by atoms with E-state index in [0.29, 0.717) is 5.56 Å². The minimum atomic E-state index is -4.77. The number of rotatable bonds is 4. The topological polar surface area (TPSA) is 45.8 Å². The summed E-state index contributed by atoms with van der Waals surface area (Å²) < 4.78 is 39.9. The Balaban J connectivity index is 2.03. The third-order valence-corrected chi connectivity index (χ3v) is 4.48. The molecule has 3 nitrogen and oxygen atoms in total. The van der Waals surface area contributed by atoms with Crippen molar-refractivity contribution >= 4 is 11.8 Å². The lowest BCUT2D eigenvalue weighted by Gasteiger charge is -2.12. The van der Waals surface area contributed by atoms with E-state index in [4.69, 9.17) is 0 Å². The highest BCUT2D eigenvalue weighted by Crippen LogP contribution is 2.35. The first-order valence-electron chi connectivity index (χ1n) is 7.39. The van der Waals surface area contributed by atoms with Gasteiger partial charge in [0.15, 0.2) is 5.56 Å². The first-order valence-corrected chi connectivity index (χ1v) is 8.37. The Morgan fingerprint density at radius 2 is 1.56 bits per heavy atom. The highest BCUT2D eigenvalue weighted by atomic mass is 32.2. The lowest BCUT2D eigenvalue weighted by Crippen LogP contribution is -2.24. The van der Waals surface area contributed by atoms with Gasteiger partial charge < -0.3 is 4.98 Å². The van der Waals surface area contributed by atoms with Crippen molar-refractivity contribution in [2.45, 2.75) is 17.0 Å². The van der Waals surface area contributed by atoms with Gasteiger partial charge in [-0.2, -0.15) is 13.2 Å². The Hall–Kier alpha value is -2.54. The largest absolute Gasteiger partial charge is 0.424 e. The van der Waals surface area contributed by atoms with Crippen LogP contribution < -0.4 is 5.56 Å². The van der Waals surface area contributed by atoms with Crippen LogP contribution in [0.5, 0.6) is 0 Å². The Bertz CT molecular complexity index is 909. The first-order chi connectivity index (χ1) is 11.9. The molecule has 7 heteroatoms. The van der Waals surface area contributed by atoms with Gasteiger partial charge >= 0.3 is 6.18 Å². The van der Waals surface area contributed by atoms with Crippen LogP contribution in [0.1, 0.15) is 11.1 Å². The normalized spacial score (nSPS) is 11.5. The van der Waals surface area contributed by atoms with Crippen LogP contribution in [0, 0.1) is 0 Å². The molecule has 0 amide bonds. The molecule has 0 aliphatic heterocycles. The Morgan fingerprint density at radius 3 is 2.16 bits per heavy atom. The minimum Gasteiger partial charge on any atom is -0.306 e. The zero-order valence-electron chi connectivity index (χ0n) is 12.9. The number of hydrogen-bond donors (Lipinski definition) is 1. The van der Waals surface area contributed by atoms with Gasteiger partial charge in [-0.25, -0.2) is 4.98 Å². The molecule has 3 rings (SSSR count). The second-order valence-electron chi connectivity index (χ2n) is 5.23. The molecule has 0 aliphatic carbocycles. The number of thioether (sulfide) groups is 1. The Morgan fingerprint density at radius 1 is 0.960 bits per heavy atom. The van der Waals surface area contributed by atoms with Crippen LogP contribution >= 0.6 is 11.8 Å². The lowest BCUT2D eigenvalue weighted by molar-refractivity contribution is -0.141. The molecule has 1 heterocycles. The molecular weight excluding hydrogens is 349 g/mol. The second-order valence-corrected chi connectivity index (χ2v) is 6.20. The lowest BCUT2D eigenvalue weighted by atomic mass is 10.2. The van der Waals surface area contributed by atoms with Crippen molar-refractivity contribution in [3.63, 3.8) is 0 Å². The van der Waals surface area contributed by atoms with Crippen molar-refractivity contribution in [1.29, 1.82) is 0 Å². The fourth-order valence-electron chi connectivity index (χ4n) is 2.27. The van der Waals surface area contributed by atoms with E-state index in [1.165, 1.54) is 0 Å². The monoisotopic (exact) mass is 362 g/mol. The van der Waals surface area contributed by atoms with Gasteiger partial charge in [0, 0.05) is 11.3 Å². The smallest absolute Gasteiger partial charge is 0.306 e. The highest BCUT2D eigenvalue weighted by Gasteiger charge is 2.38. The van der Waals surface area contributed by atoms with E-state index < -0.39 is 17.3 Å². The van der Waals surface area contributed by atoms with Crippen LogP contribution in [0.25, 0.3) is 11.4 Å². The molecule has 1 aromatic heterocycles. The summed E-state index contributed by atoms with van der Waals surface area (Å²) in [6.07, 6.45) is -4.77. The van der Waals surface area contributed by atoms with Crippen LogP contribution in [0.4, 0.5) is 13.2 Å². The van der Waals surface area contributed by atoms with Gasteiger partial charge in [0.05, 0.1) is 0 Å². The SMILES string of the molecule is O=c1[nH]c(-c2ccccc2)nc(SCc2ccccc2)c1C(F)(F)F. The summed E-state index contributed by atoms with van der Waals surface area (Å²) in [5, 5.41) is -0.320. The van der Waals surface area contributed by atoms with Crippen LogP contribution in [0.2, 0.25) is 0 Å². The van der Waals surface area contributed by atoms with Crippen LogP contribution in [0.3, 0.4) is 0 Å². The summed E-state index contributed by atoms with van der Waals surface area (Å²) in [6, 6.07) is 17.6. The predicted molar refractivity (Wildman–Crippen MR) is 91.3 cm³/mol. The molecule has 0 saturated heterocycles. The molecule has 0 radical (unpaired) electrons. The standard InChI is InChI=1S/C18H13F3N2OS/c19-18(20,21)14-16(24)22-15(13-9-5-2-6-10-13)23-17(14)25-11-12-7-3-1-4-8-12/h1-10H,11H2,(H,22,23,24). The van der Waals surface area contributed by atoms with Gasteiger partial charge in [-0.05, 0) is 5.56 Å². The van der Waals surface area contributed by atoms with Crippen molar-refractivity contribution in [2.24, 2.45) is 0 Å². The molecule has 0 bridgehead atoms. The van der Waals surface area contributed by atoms with Crippen molar-refractivity contribution < 1.29 is 13.2 Å². The van der Waals surface area contributed by atoms with E-state index in [2.05, 4.69) is 9.97 Å². The summed E-state index contributed by atoms with van der Waals surface area (Å²) in [6.45, 7) is 0. The van der Waals surface area contributed by atoms with Crippen LogP contribution in [-0.2, 0) is 11.9 Å². The van der Waals surface area contributed by atoms with Gasteiger partial charge in [0.2, 0.25) is 0 Å². The summed E-state index contributed by atoms with van der Waals surface area (Å²) >= 11 is 0.899. The fraction of sp³-hybridized carbons (Fsp3) is 0.111. The zero-order valence-corrected chi connectivity index (χ0v) is 13.7. The van der Waals surface area contributed by atoms with Gasteiger partial charge in [-0.3, -0.25) is 4.79 Å². The van der Waals surface area contributed by atoms with Gasteiger partial charge in [0.25, 0.3) is 5.56 Å². The Labute approximate surface area is 145 Å². The number of hydrogen-bond acceptors (Lipinski definition) is 3. The number of benzene rings is 2. The molecule has 25 heavy (non-hydrogen) atoms. The molecular formula is C18H13F3N2OS. The molecule has 0 saturated carbocycles. The van der Waals surface area contributed by atoms with E-state index in [-0.39, 0.29) is 16.6 Å². The maximum Gasteiger partial charge on any atom is 0.424 e. The van der Waals surface area contributed by atoms with Gasteiger partial charge in [-0.15, -0.1) is 11.8 Å². The number of nitrogens with zero attached hydrogens (tertiary/aromatic N) is 1. The summed E-state index contributed by atoms with van der Waals surface area (Å²) in [5.41, 5.74) is -1.04. The number of aromatic nitrogens is 2. The van der Waals surface area contributed by atoms with Crippen LogP contribution in [0.15, 0.2) is 70.5 Å². The maximum absolute atomic E-state index is 13.3. The fourth-order valence-corrected chi connectivity index (χ4v) is 3.27. The summed E-state index contributed by atoms with van der Waals surface area (Å²) in [7, 11) is 0. The zero-order chi connectivity index (χ0) is 17.9. The van der Waals surface area contributed by atoms with Crippen molar-refractivity contribution in [1.82, 2.24) is 9.97 Å². The van der Waals surface area contributed by atoms with E-state index >= 15 is 0 Å². The average Bonchev–Trinajstić information content (AvgIpc) is 2.60. The number of nitrogens with one attached hydrogen (secondary N) is 1. The van der Waals surface area contributed by atoms with Crippen molar-refractivity contribution in [3.8, 4) is 11.4 Å². The van der Waals surface area contributed by atoms with E-state index in [9.17, 15) is 18.0 Å². The minimum absolute atomic E-state index is 0.120. The van der Waals surface area contributed by atoms with Crippen molar-refractivity contribution in [2.75, 3.05) is 0 Å². The van der Waals surface area contributed by atoms with E-state index in [1.54, 1.807) is 42.5 Å². The maximum atomic E-state index is 13.3. The third kappa shape index (κ3) is 4.11. The number of aromatic amines is 1. The Kier molecular flexibility index (Phi) is 4.94. The molecule has 0 unspecified atom stereocenters. The van der Waals surface area contributed by atoms with Gasteiger partial charge in [-0.1, -0.05) is 60.7 Å². The highest BCUT2D eigenvalue weighted by molar-refractivity contribution is 7.98. The number of halogens is 3. The van der Waals surface area contributed by atoms with Crippen LogP contribution in [-0.4, -0.2) is 9.97 Å². The quantitative estimate of drug-likeness (QED) is 0.538. The first kappa shape index (κ1) is 17.3. The van der Waals surface area contributed by atoms with E-state index in [1.807, 2.05) is 18.2 Å². The molecule has 3 aromatic rings. The average molecular weight is 362 g/mol. The molecule has 0 spiro atoms. The van der Waals surface area contributed by atoms with Crippen molar-refractivity contribution in [3.05, 3.63) is 82.1 Å². The number of alkyl halides is 3. The second kappa shape index (κ2) is 7.14.